The van der Waals surface area contributed by atoms with Gasteiger partial charge < -0.3 is 0 Å². The van der Waals surface area contributed by atoms with E-state index in [4.69, 9.17) is 0 Å². The molecular weight excluding hydrogens is 103 g/mol. The van der Waals surface area contributed by atoms with Crippen molar-refractivity contribution in [2.45, 2.75) is 31.9 Å². The minimum Gasteiger partial charge on any atom is -0.244 e. The highest BCUT2D eigenvalue weighted by Crippen LogP contribution is 2.44. The summed E-state index contributed by atoms with van der Waals surface area (Å²) >= 11 is 0. The summed E-state index contributed by atoms with van der Waals surface area (Å²) in [6.07, 6.45) is 2.08. The van der Waals surface area contributed by atoms with Gasteiger partial charge in [-0.2, -0.15) is 0 Å². The Morgan fingerprint density at radius 2 is 2.25 bits per heavy atom. The van der Waals surface area contributed by atoms with Crippen molar-refractivity contribution in [1.29, 1.82) is 0 Å². The summed E-state index contributed by atoms with van der Waals surface area (Å²) in [6, 6.07) is 0. The van der Waals surface area contributed by atoms with Gasteiger partial charge in [0.25, 0.3) is 0 Å². The van der Waals surface area contributed by atoms with Crippen molar-refractivity contribution in [2.24, 2.45) is 0 Å². The molecule has 1 aliphatic rings. The summed E-state index contributed by atoms with van der Waals surface area (Å²) in [5, 5.41) is 0. The Morgan fingerprint density at radius 1 is 1.75 bits per heavy atom. The predicted octanol–water partition coefficient (Wildman–Crippen LogP) is 2.45. The number of allylic oxidation sites excluding steroid dienone is 1. The van der Waals surface area contributed by atoms with Crippen LogP contribution in [0.15, 0.2) is 12.2 Å². The van der Waals surface area contributed by atoms with Gasteiger partial charge in [-0.05, 0) is 19.8 Å². The highest BCUT2D eigenvalue weighted by molar-refractivity contribution is 5.05. The Morgan fingerprint density at radius 3 is 2.38 bits per heavy atom. The first-order valence-electron chi connectivity index (χ1n) is 2.96. The summed E-state index contributed by atoms with van der Waals surface area (Å²) < 4.78 is 12.7. The van der Waals surface area contributed by atoms with E-state index in [0.29, 0.717) is 6.42 Å². The van der Waals surface area contributed by atoms with Gasteiger partial charge in [0.1, 0.15) is 5.67 Å². The summed E-state index contributed by atoms with van der Waals surface area (Å²) in [6.45, 7) is 5.52. The molecule has 1 rings (SSSR count). The van der Waals surface area contributed by atoms with E-state index in [1.807, 2.05) is 6.92 Å². The molecule has 46 valence electrons. The molecule has 0 heterocycles. The van der Waals surface area contributed by atoms with Gasteiger partial charge in [0.2, 0.25) is 0 Å². The zero-order chi connectivity index (χ0) is 6.20. The summed E-state index contributed by atoms with van der Waals surface area (Å²) in [4.78, 5) is 0. The smallest absolute Gasteiger partial charge is 0.115 e. The van der Waals surface area contributed by atoms with Gasteiger partial charge in [-0.25, -0.2) is 4.39 Å². The Labute approximate surface area is 49.4 Å². The average molecular weight is 114 g/mol. The van der Waals surface area contributed by atoms with E-state index in [1.54, 1.807) is 0 Å². The van der Waals surface area contributed by atoms with E-state index < -0.39 is 5.67 Å². The van der Waals surface area contributed by atoms with E-state index in [-0.39, 0.29) is 0 Å². The molecule has 0 aromatic heterocycles. The van der Waals surface area contributed by atoms with Crippen LogP contribution in [0.4, 0.5) is 4.39 Å². The van der Waals surface area contributed by atoms with Gasteiger partial charge >= 0.3 is 0 Å². The summed E-state index contributed by atoms with van der Waals surface area (Å²) in [7, 11) is 0. The number of rotatable bonds is 2. The van der Waals surface area contributed by atoms with Crippen molar-refractivity contribution < 1.29 is 4.39 Å². The van der Waals surface area contributed by atoms with Gasteiger partial charge in [0.15, 0.2) is 0 Å². The highest BCUT2D eigenvalue weighted by atomic mass is 19.1. The first kappa shape index (κ1) is 5.80. The minimum absolute atomic E-state index is 0.576. The Balaban J connectivity index is 2.29. The molecule has 0 bridgehead atoms. The molecule has 0 amide bonds. The fourth-order valence-corrected chi connectivity index (χ4v) is 0.853. The van der Waals surface area contributed by atoms with Gasteiger partial charge in [-0.3, -0.25) is 0 Å². The molecule has 1 heteroatoms. The minimum atomic E-state index is -0.828. The third-order valence-corrected chi connectivity index (χ3v) is 1.41. The van der Waals surface area contributed by atoms with E-state index >= 15 is 0 Å². The van der Waals surface area contributed by atoms with Crippen molar-refractivity contribution >= 4 is 0 Å². The monoisotopic (exact) mass is 114 g/mol. The molecule has 0 aliphatic heterocycles. The van der Waals surface area contributed by atoms with Crippen molar-refractivity contribution in [3.8, 4) is 0 Å². The van der Waals surface area contributed by atoms with Gasteiger partial charge in [0, 0.05) is 6.42 Å². The normalized spacial score (nSPS) is 22.8. The van der Waals surface area contributed by atoms with Crippen LogP contribution in [0.3, 0.4) is 0 Å². The van der Waals surface area contributed by atoms with Crippen LogP contribution in [0.25, 0.3) is 0 Å². The molecule has 1 saturated carbocycles. The second-order valence-corrected chi connectivity index (χ2v) is 2.78. The van der Waals surface area contributed by atoms with Crippen molar-refractivity contribution in [1.82, 2.24) is 0 Å². The second kappa shape index (κ2) is 1.57. The molecule has 0 aromatic carbocycles. The van der Waals surface area contributed by atoms with Gasteiger partial charge in [0.05, 0.1) is 0 Å². The maximum absolute atomic E-state index is 12.7. The van der Waals surface area contributed by atoms with E-state index in [9.17, 15) is 4.39 Å². The van der Waals surface area contributed by atoms with Crippen LogP contribution >= 0.6 is 0 Å². The largest absolute Gasteiger partial charge is 0.244 e. The van der Waals surface area contributed by atoms with Crippen LogP contribution < -0.4 is 0 Å². The molecule has 0 radical (unpaired) electrons. The average Bonchev–Trinajstić information content (AvgIpc) is 2.17. The van der Waals surface area contributed by atoms with Crippen LogP contribution in [0, 0.1) is 0 Å². The summed E-state index contributed by atoms with van der Waals surface area (Å²) in [5.41, 5.74) is 0.135. The third-order valence-electron chi connectivity index (χ3n) is 1.41. The lowest BCUT2D eigenvalue weighted by atomic mass is 10.1. The standard InChI is InChI=1S/C7H11F/c1-6(2)5-7(8)3-4-7/h1,3-5H2,2H3. The van der Waals surface area contributed by atoms with Crippen LogP contribution in [-0.2, 0) is 0 Å². The van der Waals surface area contributed by atoms with Gasteiger partial charge in [-0.15, -0.1) is 6.58 Å². The molecule has 0 spiro atoms. The predicted molar refractivity (Wildman–Crippen MR) is 32.5 cm³/mol. The third kappa shape index (κ3) is 1.32. The molecule has 1 fully saturated rings. The maximum atomic E-state index is 12.7. The molecule has 0 aromatic rings. The van der Waals surface area contributed by atoms with Crippen LogP contribution in [0.2, 0.25) is 0 Å². The molecule has 8 heavy (non-hydrogen) atoms. The summed E-state index contributed by atoms with van der Waals surface area (Å²) in [5.74, 6) is 0. The topological polar surface area (TPSA) is 0 Å². The Hall–Kier alpha value is -0.330. The molecule has 0 saturated heterocycles. The van der Waals surface area contributed by atoms with Crippen molar-refractivity contribution in [3.05, 3.63) is 12.2 Å². The first-order chi connectivity index (χ1) is 3.62. The Bertz CT molecular complexity index is 112. The number of hydrogen-bond acceptors (Lipinski definition) is 0. The molecule has 0 atom stereocenters. The van der Waals surface area contributed by atoms with E-state index in [0.717, 1.165) is 18.4 Å². The quantitative estimate of drug-likeness (QED) is 0.484. The fraction of sp³-hybridized carbons (Fsp3) is 0.714. The molecule has 1 aliphatic carbocycles. The number of halogens is 1. The number of hydrogen-bond donors (Lipinski definition) is 0. The van der Waals surface area contributed by atoms with Crippen molar-refractivity contribution in [3.63, 3.8) is 0 Å². The van der Waals surface area contributed by atoms with E-state index in [2.05, 4.69) is 6.58 Å². The lowest BCUT2D eigenvalue weighted by Crippen LogP contribution is -1.97. The second-order valence-electron chi connectivity index (χ2n) is 2.78. The van der Waals surface area contributed by atoms with Crippen LogP contribution in [0.1, 0.15) is 26.2 Å². The van der Waals surface area contributed by atoms with E-state index in [1.165, 1.54) is 0 Å². The zero-order valence-corrected chi connectivity index (χ0v) is 5.21. The highest BCUT2D eigenvalue weighted by Gasteiger charge is 2.42. The molecule has 0 N–H and O–H groups in total. The molecule has 0 unspecified atom stereocenters. The maximum Gasteiger partial charge on any atom is 0.115 e. The van der Waals surface area contributed by atoms with Crippen LogP contribution in [-0.4, -0.2) is 5.67 Å². The first-order valence-corrected chi connectivity index (χ1v) is 2.96. The molecular formula is C7H11F. The number of alkyl halides is 1. The lowest BCUT2D eigenvalue weighted by molar-refractivity contribution is 0.307. The zero-order valence-electron chi connectivity index (χ0n) is 5.21. The SMILES string of the molecule is C=C(C)CC1(F)CC1. The van der Waals surface area contributed by atoms with Crippen molar-refractivity contribution in [2.75, 3.05) is 0 Å². The van der Waals surface area contributed by atoms with Crippen LogP contribution in [0.5, 0.6) is 0 Å². The Kier molecular flexibility index (Phi) is 1.14. The molecule has 0 nitrogen and oxygen atoms in total. The lowest BCUT2D eigenvalue weighted by Gasteiger charge is -2.00. The fourth-order valence-electron chi connectivity index (χ4n) is 0.853. The van der Waals surface area contributed by atoms with Gasteiger partial charge in [-0.1, -0.05) is 5.57 Å².